The fourth-order valence-electron chi connectivity index (χ4n) is 2.58. The number of hydrogen-bond donors (Lipinski definition) is 4. The summed E-state index contributed by atoms with van der Waals surface area (Å²) in [6, 6.07) is 12.8. The normalized spacial score (nSPS) is 10.2. The molecular formula is C19H21N7O4. The van der Waals surface area contributed by atoms with Gasteiger partial charge >= 0.3 is 12.1 Å². The van der Waals surface area contributed by atoms with E-state index in [-0.39, 0.29) is 18.3 Å². The van der Waals surface area contributed by atoms with Crippen LogP contribution in [0.25, 0.3) is 0 Å². The number of methoxy groups -OCH3 is 2. The van der Waals surface area contributed by atoms with Crippen LogP contribution in [0.15, 0.2) is 48.5 Å². The second kappa shape index (κ2) is 9.28. The Bertz CT molecular complexity index is 1050. The van der Waals surface area contributed by atoms with Crippen LogP contribution < -0.4 is 31.2 Å². The van der Waals surface area contributed by atoms with Gasteiger partial charge in [0.15, 0.2) is 5.82 Å². The van der Waals surface area contributed by atoms with Gasteiger partial charge in [-0.2, -0.15) is 4.98 Å². The maximum Gasteiger partial charge on any atom is 0.349 e. The molecule has 11 heteroatoms. The molecule has 2 aromatic carbocycles. The highest BCUT2D eigenvalue weighted by atomic mass is 16.5. The van der Waals surface area contributed by atoms with E-state index in [1.807, 2.05) is 0 Å². The summed E-state index contributed by atoms with van der Waals surface area (Å²) >= 11 is 0. The van der Waals surface area contributed by atoms with Gasteiger partial charge in [-0.25, -0.2) is 9.59 Å². The molecule has 0 spiro atoms. The Morgan fingerprint density at radius 2 is 1.53 bits per heavy atom. The number of carbonyl (C=O) groups excluding carboxylic acids is 2. The molecule has 3 amide bonds. The zero-order valence-electron chi connectivity index (χ0n) is 16.4. The van der Waals surface area contributed by atoms with E-state index in [0.29, 0.717) is 22.9 Å². The van der Waals surface area contributed by atoms with E-state index in [9.17, 15) is 9.59 Å². The van der Waals surface area contributed by atoms with Crippen molar-refractivity contribution < 1.29 is 19.1 Å². The number of nitrogens with one attached hydrogen (secondary N) is 3. The summed E-state index contributed by atoms with van der Waals surface area (Å²) in [5.41, 5.74) is 6.75. The number of aromatic nitrogens is 3. The van der Waals surface area contributed by atoms with Crippen molar-refractivity contribution in [2.24, 2.45) is 0 Å². The van der Waals surface area contributed by atoms with Gasteiger partial charge in [-0.1, -0.05) is 24.3 Å². The van der Waals surface area contributed by atoms with E-state index in [0.717, 1.165) is 4.68 Å². The number of carbonyl (C=O) groups is 2. The van der Waals surface area contributed by atoms with Crippen LogP contribution in [-0.2, 0) is 6.54 Å². The van der Waals surface area contributed by atoms with Crippen molar-refractivity contribution in [2.75, 3.05) is 30.6 Å². The molecule has 156 valence electrons. The topological polar surface area (TPSA) is 145 Å². The lowest BCUT2D eigenvalue weighted by Crippen LogP contribution is -2.29. The first-order valence-corrected chi connectivity index (χ1v) is 8.85. The van der Waals surface area contributed by atoms with Crippen LogP contribution in [0, 0.1) is 0 Å². The van der Waals surface area contributed by atoms with Crippen molar-refractivity contribution in [3.63, 3.8) is 0 Å². The fourth-order valence-corrected chi connectivity index (χ4v) is 2.58. The molecule has 0 aliphatic carbocycles. The number of ether oxygens (including phenoxy) is 2. The molecule has 11 nitrogen and oxygen atoms in total. The largest absolute Gasteiger partial charge is 0.495 e. The van der Waals surface area contributed by atoms with E-state index < -0.39 is 12.1 Å². The van der Waals surface area contributed by atoms with Crippen molar-refractivity contribution in [3.8, 4) is 11.5 Å². The molecule has 3 rings (SSSR count). The zero-order valence-corrected chi connectivity index (χ0v) is 16.4. The number of nitrogen functional groups attached to an aromatic ring is 1. The molecule has 0 aliphatic rings. The van der Waals surface area contributed by atoms with E-state index in [4.69, 9.17) is 15.2 Å². The maximum atomic E-state index is 12.5. The first kappa shape index (κ1) is 20.5. The minimum Gasteiger partial charge on any atom is -0.495 e. The summed E-state index contributed by atoms with van der Waals surface area (Å²) in [6.07, 6.45) is 0. The molecule has 0 bridgehead atoms. The minimum atomic E-state index is -0.616. The van der Waals surface area contributed by atoms with Crippen molar-refractivity contribution in [2.45, 2.75) is 6.54 Å². The third-order valence-corrected chi connectivity index (χ3v) is 3.98. The lowest BCUT2D eigenvalue weighted by Gasteiger charge is -2.10. The van der Waals surface area contributed by atoms with E-state index >= 15 is 0 Å². The number of hydrogen-bond acceptors (Lipinski definition) is 7. The van der Waals surface area contributed by atoms with Gasteiger partial charge in [0.25, 0.3) is 0 Å². The molecule has 0 unspecified atom stereocenters. The van der Waals surface area contributed by atoms with Gasteiger partial charge in [0.1, 0.15) is 11.5 Å². The smallest absolute Gasteiger partial charge is 0.349 e. The van der Waals surface area contributed by atoms with Crippen LogP contribution >= 0.6 is 0 Å². The van der Waals surface area contributed by atoms with Crippen molar-refractivity contribution in [1.82, 2.24) is 20.1 Å². The maximum absolute atomic E-state index is 12.5. The second-order valence-corrected chi connectivity index (χ2v) is 5.94. The summed E-state index contributed by atoms with van der Waals surface area (Å²) < 4.78 is 11.3. The highest BCUT2D eigenvalue weighted by Crippen LogP contribution is 2.24. The van der Waals surface area contributed by atoms with Gasteiger partial charge in [-0.3, -0.25) is 0 Å². The third kappa shape index (κ3) is 4.76. The number of benzene rings is 2. The molecule has 1 heterocycles. The molecule has 0 radical (unpaired) electrons. The van der Waals surface area contributed by atoms with Gasteiger partial charge in [0.2, 0.25) is 5.95 Å². The molecule has 0 saturated carbocycles. The fraction of sp³-hybridized carbons (Fsp3) is 0.158. The van der Waals surface area contributed by atoms with E-state index in [1.54, 1.807) is 48.5 Å². The Morgan fingerprint density at radius 1 is 0.967 bits per heavy atom. The Kier molecular flexibility index (Phi) is 6.33. The average Bonchev–Trinajstić information content (AvgIpc) is 3.13. The number of anilines is 3. The predicted octanol–water partition coefficient (Wildman–Crippen LogP) is 2.28. The van der Waals surface area contributed by atoms with Crippen LogP contribution in [0.5, 0.6) is 11.5 Å². The van der Waals surface area contributed by atoms with Gasteiger partial charge < -0.3 is 31.2 Å². The van der Waals surface area contributed by atoms with Crippen molar-refractivity contribution >= 4 is 29.4 Å². The Morgan fingerprint density at radius 3 is 2.13 bits per heavy atom. The Labute approximate surface area is 172 Å². The van der Waals surface area contributed by atoms with Crippen LogP contribution in [0.2, 0.25) is 0 Å². The van der Waals surface area contributed by atoms with Crippen LogP contribution in [-0.4, -0.2) is 41.0 Å². The highest BCUT2D eigenvalue weighted by molar-refractivity contribution is 5.93. The molecule has 0 atom stereocenters. The second-order valence-electron chi connectivity index (χ2n) is 5.94. The first-order chi connectivity index (χ1) is 14.5. The first-order valence-electron chi connectivity index (χ1n) is 8.85. The van der Waals surface area contributed by atoms with Gasteiger partial charge in [-0.05, 0) is 24.3 Å². The van der Waals surface area contributed by atoms with Crippen LogP contribution in [0.1, 0.15) is 5.82 Å². The molecular weight excluding hydrogens is 390 g/mol. The van der Waals surface area contributed by atoms with Crippen LogP contribution in [0.4, 0.5) is 26.9 Å². The average molecular weight is 411 g/mol. The molecule has 3 aromatic rings. The quantitative estimate of drug-likeness (QED) is 0.487. The van der Waals surface area contributed by atoms with Crippen LogP contribution in [0.3, 0.4) is 0 Å². The molecule has 1 aromatic heterocycles. The number of nitrogens with zero attached hydrogens (tertiary/aromatic N) is 3. The number of para-hydroxylation sites is 4. The summed E-state index contributed by atoms with van der Waals surface area (Å²) in [6.45, 7) is -0.0415. The van der Waals surface area contributed by atoms with Gasteiger partial charge in [0.05, 0.1) is 32.1 Å². The van der Waals surface area contributed by atoms with Gasteiger partial charge in [0, 0.05) is 0 Å². The molecule has 0 saturated heterocycles. The van der Waals surface area contributed by atoms with Crippen molar-refractivity contribution in [3.05, 3.63) is 54.4 Å². The summed E-state index contributed by atoms with van der Waals surface area (Å²) in [4.78, 5) is 28.6. The SMILES string of the molecule is COc1ccccc1NC(=O)NCc1nc(N)n(C(=O)Nc2ccccc2OC)n1. The third-order valence-electron chi connectivity index (χ3n) is 3.98. The zero-order chi connectivity index (χ0) is 21.5. The lowest BCUT2D eigenvalue weighted by molar-refractivity contribution is 0.251. The molecule has 0 fully saturated rings. The minimum absolute atomic E-state index is 0.0415. The molecule has 5 N–H and O–H groups in total. The predicted molar refractivity (Wildman–Crippen MR) is 111 cm³/mol. The van der Waals surface area contributed by atoms with Crippen molar-refractivity contribution in [1.29, 1.82) is 0 Å². The molecule has 0 aliphatic heterocycles. The summed E-state index contributed by atoms with van der Waals surface area (Å²) in [5.74, 6) is 1.05. The summed E-state index contributed by atoms with van der Waals surface area (Å²) in [5, 5.41) is 11.9. The number of nitrogens with two attached hydrogens (primary N) is 1. The van der Waals surface area contributed by atoms with E-state index in [2.05, 4.69) is 26.0 Å². The van der Waals surface area contributed by atoms with Gasteiger partial charge in [-0.15, -0.1) is 9.78 Å². The number of rotatable bonds is 6. The molecule has 30 heavy (non-hydrogen) atoms. The number of urea groups is 1. The van der Waals surface area contributed by atoms with E-state index in [1.165, 1.54) is 14.2 Å². The number of amides is 3. The Balaban J connectivity index is 1.61. The monoisotopic (exact) mass is 411 g/mol. The standard InChI is InChI=1S/C19H21N7O4/c1-29-14-9-5-3-7-12(14)22-18(27)21-11-16-24-17(20)26(25-16)19(28)23-13-8-4-6-10-15(13)30-2/h3-10H,11H2,1-2H3,(H,23,28)(H2,20,24,25)(H2,21,22,27). The Hall–Kier alpha value is -4.28. The highest BCUT2D eigenvalue weighted by Gasteiger charge is 2.16. The summed E-state index contributed by atoms with van der Waals surface area (Å²) in [7, 11) is 3.00. The lowest BCUT2D eigenvalue weighted by atomic mass is 10.3.